The Labute approximate surface area is 878 Å². The van der Waals surface area contributed by atoms with Crippen LogP contribution in [-0.2, 0) is 81.8 Å². The van der Waals surface area contributed by atoms with Crippen molar-refractivity contribution in [1.82, 2.24) is 0 Å². The number of aryl methyl sites for hydroxylation is 14. The van der Waals surface area contributed by atoms with Crippen LogP contribution in [0.3, 0.4) is 0 Å². The number of benzene rings is 7. The molecule has 14 aromatic rings. The molecule has 10 atom stereocenters. The molecule has 0 N–H and O–H groups in total. The Hall–Kier alpha value is -11.4. The van der Waals surface area contributed by atoms with Crippen molar-refractivity contribution >= 4 is 0 Å². The maximum atomic E-state index is 9.30. The molecule has 7 aromatic heterocycles. The molecule has 7 aromatic carbocycles. The SMILES string of the molecule is Cc1ccccc1-c1c2c(cc[n+]1C)C(C)(C)CC2(C)C.Cc1ccccc1-c1c2c(cc[n+]1C)C1CCC2C1.Cc1ccccc1-c1cc2c(c[n+]1C)C(C)(C)CC2(C)C.Cc1ccccc1-c1cc2c(c[n+]1C)C1(C)CCC2C1(C)C.[2H]C12CCC(C)(c3c[n+](C)c(-c4ccccc4C)cc31)C2(C)C.[2H]C12CCC([2H])(C1)c1c2cc[n+](C)c1-c1ccccc1C.[2H]C12CCC([2H])(c3c1cc[n+](C)c3-c1ccccc1C)C2(C)C. The van der Waals surface area contributed by atoms with Crippen LogP contribution in [0.1, 0.15) is 372 Å². The molecule has 26 rings (SSSR count). The van der Waals surface area contributed by atoms with Gasteiger partial charge in [0.25, 0.3) is 0 Å². The van der Waals surface area contributed by atoms with Crippen LogP contribution in [0.4, 0.5) is 0 Å². The average molecular weight is 1930 g/mol. The van der Waals surface area contributed by atoms with E-state index in [2.05, 4.69) is 489 Å². The van der Waals surface area contributed by atoms with Crippen molar-refractivity contribution < 1.29 is 38.8 Å². The van der Waals surface area contributed by atoms with Crippen LogP contribution in [-0.4, -0.2) is 0 Å². The van der Waals surface area contributed by atoms with Crippen LogP contribution in [0.5, 0.6) is 0 Å². The molecule has 0 spiro atoms. The average Bonchev–Trinajstić information content (AvgIpc) is 1.49. The summed E-state index contributed by atoms with van der Waals surface area (Å²) < 4.78 is 61.1. The minimum Gasteiger partial charge on any atom is -0.201 e. The molecule has 0 amide bonds. The van der Waals surface area contributed by atoms with Gasteiger partial charge in [0.1, 0.15) is 49.3 Å². The second-order valence-corrected chi connectivity index (χ2v) is 50.5. The smallest absolute Gasteiger partial charge is 0.201 e. The van der Waals surface area contributed by atoms with Gasteiger partial charge in [-0.2, -0.15) is 0 Å². The molecular formula is C138H168N7+7. The molecule has 0 radical (unpaired) electrons. The third-order valence-electron chi connectivity index (χ3n) is 38.8. The van der Waals surface area contributed by atoms with Gasteiger partial charge < -0.3 is 0 Å². The summed E-state index contributed by atoms with van der Waals surface area (Å²) in [6.45, 7) is 52.9. The van der Waals surface area contributed by atoms with Crippen LogP contribution in [0.2, 0.25) is 0 Å². The summed E-state index contributed by atoms with van der Waals surface area (Å²) in [6, 6.07) is 76.3. The van der Waals surface area contributed by atoms with Crippen molar-refractivity contribution in [3.8, 4) is 78.8 Å². The Bertz CT molecular complexity index is 7700. The first-order valence-electron chi connectivity index (χ1n) is 57.2. The standard InChI is InChI=1S/2C21H26N.C20H24N.2C20H26N.2C18H20N/c2*1-14-8-6-7-9-15(14)19-12-16-17-10-11-21(4,20(17,2)3)18(16)13-22(19)5;1-13-7-5-6-8-14(13)19-18-15(11-12-21(19)4)16-9-10-17(18)20(16,2)3;1-14-9-7-8-10-15(14)18-11-16-17(12-21(18)6)20(4,5)13-19(16,2)3;1-14-9-7-8-10-15(14)18-17-16(11-12-21(18)6)19(2,3)13-20(17,4)5;2*1-12-5-3-4-6-15(12)18-17-14-8-7-13(11-14)16(17)9-10-19(18)2/h2*6-9,12-13,17H,10-11H2,1-5H3;5-8,11-12,16-17H,9-10H2,1-4H3;2*7-12H,13H2,1-6H3;2*3-6,9-10,13-14H,7-8,11H2,1-2H3/q7*+1/i17D;;16D,17D;;;13D,14D;. The highest BCUT2D eigenvalue weighted by molar-refractivity contribution is 5.74. The Morgan fingerprint density at radius 1 is 0.262 bits per heavy atom. The van der Waals surface area contributed by atoms with E-state index in [1.54, 1.807) is 22.3 Å². The largest absolute Gasteiger partial charge is 0.216 e. The van der Waals surface area contributed by atoms with Gasteiger partial charge in [0, 0.05) is 138 Å². The van der Waals surface area contributed by atoms with E-state index in [0.717, 1.165) is 89.9 Å². The molecule has 12 aliphatic carbocycles. The highest BCUT2D eigenvalue weighted by atomic mass is 15.0. The predicted octanol–water partition coefficient (Wildman–Crippen LogP) is 30.4. The summed E-state index contributed by atoms with van der Waals surface area (Å²) in [5.41, 5.74) is 48.3. The fraction of sp³-hybridized carbons (Fsp3) is 0.442. The van der Waals surface area contributed by atoms with Crippen molar-refractivity contribution in [2.75, 3.05) is 0 Å². The number of aromatic nitrogens is 7. The third-order valence-corrected chi connectivity index (χ3v) is 38.8. The van der Waals surface area contributed by atoms with Gasteiger partial charge in [0.2, 0.25) is 39.9 Å². The highest BCUT2D eigenvalue weighted by Crippen LogP contribution is 2.71. The molecule has 7 heterocycles. The molecule has 7 nitrogen and oxygen atoms in total. The number of hydrogen-bond donors (Lipinski definition) is 0. The van der Waals surface area contributed by atoms with E-state index in [9.17, 15) is 2.74 Å². The van der Waals surface area contributed by atoms with Gasteiger partial charge in [-0.1, -0.05) is 238 Å². The van der Waals surface area contributed by atoms with Crippen molar-refractivity contribution in [1.29, 1.82) is 0 Å². The van der Waals surface area contributed by atoms with Crippen LogP contribution in [0.25, 0.3) is 78.8 Å². The van der Waals surface area contributed by atoms with Crippen molar-refractivity contribution in [2.24, 2.45) is 65.6 Å². The fourth-order valence-electron chi connectivity index (χ4n) is 30.5. The number of pyridine rings is 7. The van der Waals surface area contributed by atoms with E-state index in [1.165, 1.54) is 185 Å². The fourth-order valence-corrected chi connectivity index (χ4v) is 30.5. The minimum atomic E-state index is -0.680. The molecule has 5 saturated carbocycles. The molecule has 12 aliphatic rings. The van der Waals surface area contributed by atoms with Gasteiger partial charge in [0.15, 0.2) is 43.4 Å². The van der Waals surface area contributed by atoms with Gasteiger partial charge in [-0.25, -0.2) is 32.0 Å². The molecule has 0 aliphatic heterocycles. The van der Waals surface area contributed by atoms with Crippen LogP contribution in [0, 0.1) is 64.7 Å². The molecule has 5 fully saturated rings. The van der Waals surface area contributed by atoms with Gasteiger partial charge in [-0.3, -0.25) is 0 Å². The van der Waals surface area contributed by atoms with E-state index >= 15 is 0 Å². The Balaban J connectivity index is 0.000000106. The molecule has 145 heavy (non-hydrogen) atoms. The van der Waals surface area contributed by atoms with E-state index in [0.29, 0.717) is 17.3 Å². The lowest BCUT2D eigenvalue weighted by molar-refractivity contribution is -0.661. The normalized spacial score (nSPS) is 26.7. The first-order chi connectivity index (χ1) is 70.5. The predicted molar refractivity (Wildman–Crippen MR) is 599 cm³/mol. The Morgan fingerprint density at radius 2 is 0.628 bits per heavy atom. The van der Waals surface area contributed by atoms with Crippen molar-refractivity contribution in [2.45, 2.75) is 329 Å². The third kappa shape index (κ3) is 16.8. The van der Waals surface area contributed by atoms with Gasteiger partial charge in [-0.15, -0.1) is 0 Å². The van der Waals surface area contributed by atoms with Crippen LogP contribution in [0.15, 0.2) is 256 Å². The number of fused-ring (bicyclic) bond motifs is 27. The zero-order valence-corrected chi connectivity index (χ0v) is 93.5. The second kappa shape index (κ2) is 37.2. The van der Waals surface area contributed by atoms with Crippen molar-refractivity contribution in [3.63, 3.8) is 0 Å². The lowest BCUT2D eigenvalue weighted by Crippen LogP contribution is -2.36. The maximum Gasteiger partial charge on any atom is 0.216 e. The molecule has 748 valence electrons. The van der Waals surface area contributed by atoms with Gasteiger partial charge in [0.05, 0.1) is 0 Å². The first-order valence-corrected chi connectivity index (χ1v) is 54.7. The molecule has 0 saturated heterocycles. The zero-order valence-electron chi connectivity index (χ0n) is 98.5. The Morgan fingerprint density at radius 3 is 1.13 bits per heavy atom. The zero-order chi connectivity index (χ0) is 108. The molecule has 10 unspecified atom stereocenters. The highest BCUT2D eigenvalue weighted by Gasteiger charge is 2.63. The van der Waals surface area contributed by atoms with E-state index in [4.69, 9.17) is 4.11 Å². The lowest BCUT2D eigenvalue weighted by Gasteiger charge is -2.34. The summed E-state index contributed by atoms with van der Waals surface area (Å²) in [5.74, 6) is -0.530. The van der Waals surface area contributed by atoms with Crippen molar-refractivity contribution in [3.05, 3.63) is 373 Å². The summed E-state index contributed by atoms with van der Waals surface area (Å²) >= 11 is 0. The van der Waals surface area contributed by atoms with E-state index in [1.807, 2.05) is 7.05 Å². The van der Waals surface area contributed by atoms with Gasteiger partial charge >= 0.3 is 0 Å². The summed E-state index contributed by atoms with van der Waals surface area (Å²) in [5, 5.41) is 0. The minimum absolute atomic E-state index is 0.0142. The Kier molecular flexibility index (Phi) is 24.2. The summed E-state index contributed by atoms with van der Waals surface area (Å²) in [4.78, 5) is 0. The number of nitrogens with zero attached hydrogens (tertiary/aromatic N) is 7. The first kappa shape index (κ1) is 94.6. The number of hydrogen-bond acceptors (Lipinski definition) is 0. The molecule has 10 bridgehead atoms. The number of rotatable bonds is 7. The topological polar surface area (TPSA) is 27.2 Å². The molecular weight excluding hydrogens is 1760 g/mol. The molecule has 7 heteroatoms. The van der Waals surface area contributed by atoms with Crippen LogP contribution >= 0.6 is 0 Å². The van der Waals surface area contributed by atoms with E-state index in [-0.39, 0.29) is 37.9 Å². The quantitative estimate of drug-likeness (QED) is 0.142. The monoisotopic (exact) mass is 1930 g/mol. The van der Waals surface area contributed by atoms with Crippen LogP contribution < -0.4 is 32.0 Å². The summed E-state index contributed by atoms with van der Waals surface area (Å²) in [7, 11) is 15.0. The van der Waals surface area contributed by atoms with Gasteiger partial charge in [-0.05, 0) is 344 Å². The maximum absolute atomic E-state index is 9.30. The summed E-state index contributed by atoms with van der Waals surface area (Å²) in [6.07, 6.45) is 30.9. The second-order valence-electron chi connectivity index (χ2n) is 50.5. The van der Waals surface area contributed by atoms with E-state index < -0.39 is 29.5 Å². The lowest BCUT2D eigenvalue weighted by atomic mass is 9.69.